The molecule has 3 nitrogen and oxygen atoms in total. The van der Waals surface area contributed by atoms with E-state index >= 15 is 0 Å². The molecule has 2 atom stereocenters. The largest absolute Gasteiger partial charge is 0.393 e. The predicted molar refractivity (Wildman–Crippen MR) is 74.3 cm³/mol. The van der Waals surface area contributed by atoms with Crippen LogP contribution in [-0.2, 0) is 6.42 Å². The van der Waals surface area contributed by atoms with Crippen molar-refractivity contribution >= 4 is 17.1 Å². The molecule has 1 aromatic heterocycles. The van der Waals surface area contributed by atoms with Gasteiger partial charge in [-0.05, 0) is 30.9 Å². The van der Waals surface area contributed by atoms with Gasteiger partial charge in [-0.15, -0.1) is 11.3 Å². The van der Waals surface area contributed by atoms with Crippen molar-refractivity contribution in [1.29, 1.82) is 0 Å². The van der Waals surface area contributed by atoms with Crippen LogP contribution in [0.3, 0.4) is 0 Å². The molecule has 1 aliphatic heterocycles. The third kappa shape index (κ3) is 3.19. The average molecular weight is 267 g/mol. The summed E-state index contributed by atoms with van der Waals surface area (Å²) in [5, 5.41) is 9.67. The number of aryl methyl sites for hydroxylation is 1. The molecular weight excluding hydrogens is 246 g/mol. The van der Waals surface area contributed by atoms with Gasteiger partial charge in [0.25, 0.3) is 0 Å². The first-order valence-corrected chi connectivity index (χ1v) is 7.44. The molecule has 1 aliphatic rings. The van der Waals surface area contributed by atoms with Crippen molar-refractivity contribution in [3.8, 4) is 0 Å². The molecule has 2 heterocycles. The number of ketones is 1. The van der Waals surface area contributed by atoms with Crippen LogP contribution in [0.1, 0.15) is 34.8 Å². The van der Waals surface area contributed by atoms with Crippen LogP contribution in [0, 0.1) is 5.92 Å². The molecule has 0 aliphatic carbocycles. The molecule has 1 fully saturated rings. The Morgan fingerprint density at radius 2 is 2.33 bits per heavy atom. The lowest BCUT2D eigenvalue weighted by Gasteiger charge is -2.33. The van der Waals surface area contributed by atoms with Crippen LogP contribution in [0.4, 0.5) is 0 Å². The normalized spacial score (nSPS) is 25.3. The van der Waals surface area contributed by atoms with Crippen molar-refractivity contribution in [2.45, 2.75) is 32.8 Å². The number of aliphatic hydroxyl groups is 1. The highest BCUT2D eigenvalue weighted by Crippen LogP contribution is 2.20. The number of thiophene rings is 1. The molecule has 18 heavy (non-hydrogen) atoms. The van der Waals surface area contributed by atoms with Crippen LogP contribution < -0.4 is 0 Å². The Kier molecular flexibility index (Phi) is 4.54. The maximum Gasteiger partial charge on any atom is 0.186 e. The van der Waals surface area contributed by atoms with Gasteiger partial charge in [-0.25, -0.2) is 0 Å². The van der Waals surface area contributed by atoms with Crippen LogP contribution in [0.15, 0.2) is 12.1 Å². The Morgan fingerprint density at radius 1 is 1.56 bits per heavy atom. The van der Waals surface area contributed by atoms with Gasteiger partial charge in [0, 0.05) is 18.0 Å². The number of hydrogen-bond acceptors (Lipinski definition) is 4. The van der Waals surface area contributed by atoms with E-state index in [1.54, 1.807) is 11.3 Å². The monoisotopic (exact) mass is 267 g/mol. The second-order valence-corrected chi connectivity index (χ2v) is 6.28. The Labute approximate surface area is 112 Å². The number of hydrogen-bond donors (Lipinski definition) is 1. The highest BCUT2D eigenvalue weighted by molar-refractivity contribution is 7.14. The van der Waals surface area contributed by atoms with Crippen LogP contribution in [0.25, 0.3) is 0 Å². The summed E-state index contributed by atoms with van der Waals surface area (Å²) in [5.74, 6) is 0.476. The van der Waals surface area contributed by atoms with E-state index in [0.717, 1.165) is 30.8 Å². The summed E-state index contributed by atoms with van der Waals surface area (Å²) in [6.45, 7) is 6.28. The molecule has 0 saturated carbocycles. The number of Topliss-reactive ketones (excluding diaryl/α,β-unsaturated/α-hetero) is 1. The summed E-state index contributed by atoms with van der Waals surface area (Å²) in [4.78, 5) is 16.4. The third-order valence-electron chi connectivity index (χ3n) is 3.60. The van der Waals surface area contributed by atoms with Crippen molar-refractivity contribution in [1.82, 2.24) is 4.90 Å². The van der Waals surface area contributed by atoms with E-state index < -0.39 is 0 Å². The summed E-state index contributed by atoms with van der Waals surface area (Å²) >= 11 is 1.61. The second kappa shape index (κ2) is 5.95. The quantitative estimate of drug-likeness (QED) is 0.850. The molecule has 0 radical (unpaired) electrons. The van der Waals surface area contributed by atoms with E-state index in [1.807, 2.05) is 19.1 Å². The van der Waals surface area contributed by atoms with Gasteiger partial charge in [0.2, 0.25) is 0 Å². The fourth-order valence-electron chi connectivity index (χ4n) is 2.36. The van der Waals surface area contributed by atoms with Crippen molar-refractivity contribution in [2.75, 3.05) is 19.6 Å². The van der Waals surface area contributed by atoms with Crippen molar-refractivity contribution < 1.29 is 9.90 Å². The van der Waals surface area contributed by atoms with Gasteiger partial charge in [-0.1, -0.05) is 13.8 Å². The van der Waals surface area contributed by atoms with Gasteiger partial charge in [0.1, 0.15) is 0 Å². The van der Waals surface area contributed by atoms with Gasteiger partial charge in [-0.3, -0.25) is 9.69 Å². The number of aliphatic hydroxyl groups excluding tert-OH is 1. The Hall–Kier alpha value is -0.710. The van der Waals surface area contributed by atoms with E-state index in [4.69, 9.17) is 0 Å². The standard InChI is InChI=1S/C14H21NO2S/c1-3-11-4-5-14(18-11)13(17)9-15-7-6-12(16)10(2)8-15/h4-5,10,12,16H,3,6-9H2,1-2H3. The molecule has 2 unspecified atom stereocenters. The van der Waals surface area contributed by atoms with Gasteiger partial charge in [-0.2, -0.15) is 0 Å². The van der Waals surface area contributed by atoms with Crippen molar-refractivity contribution in [2.24, 2.45) is 5.92 Å². The Bertz CT molecular complexity index is 416. The zero-order chi connectivity index (χ0) is 13.1. The van der Waals surface area contributed by atoms with Crippen LogP contribution in [0.2, 0.25) is 0 Å². The second-order valence-electron chi connectivity index (χ2n) is 5.11. The van der Waals surface area contributed by atoms with Crippen LogP contribution >= 0.6 is 11.3 Å². The molecule has 1 aromatic rings. The van der Waals surface area contributed by atoms with E-state index in [9.17, 15) is 9.90 Å². The lowest BCUT2D eigenvalue weighted by atomic mass is 9.96. The predicted octanol–water partition coefficient (Wildman–Crippen LogP) is 2.20. The smallest absolute Gasteiger partial charge is 0.186 e. The summed E-state index contributed by atoms with van der Waals surface area (Å²) in [7, 11) is 0. The maximum absolute atomic E-state index is 12.1. The number of piperidine rings is 1. The van der Waals surface area contributed by atoms with E-state index in [-0.39, 0.29) is 17.8 Å². The van der Waals surface area contributed by atoms with Crippen molar-refractivity contribution in [3.63, 3.8) is 0 Å². The fourth-order valence-corrected chi connectivity index (χ4v) is 3.24. The summed E-state index contributed by atoms with van der Waals surface area (Å²) < 4.78 is 0. The topological polar surface area (TPSA) is 40.5 Å². The molecule has 0 spiro atoms. The number of likely N-dealkylation sites (tertiary alicyclic amines) is 1. The first-order chi connectivity index (χ1) is 8.60. The molecule has 4 heteroatoms. The van der Waals surface area contributed by atoms with E-state index in [1.165, 1.54) is 4.88 Å². The van der Waals surface area contributed by atoms with Crippen LogP contribution in [0.5, 0.6) is 0 Å². The first kappa shape index (κ1) is 13.7. The molecule has 0 bridgehead atoms. The fraction of sp³-hybridized carbons (Fsp3) is 0.643. The van der Waals surface area contributed by atoms with Gasteiger partial charge >= 0.3 is 0 Å². The van der Waals surface area contributed by atoms with Crippen LogP contribution in [-0.4, -0.2) is 41.5 Å². The molecule has 100 valence electrons. The molecule has 0 aromatic carbocycles. The number of carbonyl (C=O) groups excluding carboxylic acids is 1. The molecule has 2 rings (SSSR count). The van der Waals surface area contributed by atoms with Gasteiger partial charge < -0.3 is 5.11 Å². The third-order valence-corrected chi connectivity index (χ3v) is 4.87. The summed E-state index contributed by atoms with van der Waals surface area (Å²) in [5.41, 5.74) is 0. The molecule has 1 N–H and O–H groups in total. The molecular formula is C14H21NO2S. The highest BCUT2D eigenvalue weighted by atomic mass is 32.1. The number of rotatable bonds is 4. The highest BCUT2D eigenvalue weighted by Gasteiger charge is 2.25. The summed E-state index contributed by atoms with van der Waals surface area (Å²) in [6, 6.07) is 3.98. The van der Waals surface area contributed by atoms with Crippen molar-refractivity contribution in [3.05, 3.63) is 21.9 Å². The van der Waals surface area contributed by atoms with Gasteiger partial charge in [0.15, 0.2) is 5.78 Å². The Balaban J connectivity index is 1.91. The summed E-state index contributed by atoms with van der Waals surface area (Å²) in [6.07, 6.45) is 1.56. The minimum absolute atomic E-state index is 0.204. The number of nitrogens with zero attached hydrogens (tertiary/aromatic N) is 1. The average Bonchev–Trinajstić information content (AvgIpc) is 2.82. The Morgan fingerprint density at radius 3 is 2.94 bits per heavy atom. The van der Waals surface area contributed by atoms with Gasteiger partial charge in [0.05, 0.1) is 17.5 Å². The van der Waals surface area contributed by atoms with E-state index in [2.05, 4.69) is 11.8 Å². The molecule has 0 amide bonds. The minimum Gasteiger partial charge on any atom is -0.393 e. The SMILES string of the molecule is CCc1ccc(C(=O)CN2CCC(O)C(C)C2)s1. The minimum atomic E-state index is -0.204. The molecule has 1 saturated heterocycles. The lowest BCUT2D eigenvalue weighted by molar-refractivity contribution is 0.0345. The maximum atomic E-state index is 12.1. The van der Waals surface area contributed by atoms with E-state index in [0.29, 0.717) is 6.54 Å². The first-order valence-electron chi connectivity index (χ1n) is 6.62. The zero-order valence-electron chi connectivity index (χ0n) is 11.1. The zero-order valence-corrected chi connectivity index (χ0v) is 11.9. The number of carbonyl (C=O) groups is 1. The lowest BCUT2D eigenvalue weighted by Crippen LogP contribution is -2.43.